The average Bonchev–Trinajstić information content (AvgIpc) is 3.28. The molecule has 2 aromatic heterocycles. The van der Waals surface area contributed by atoms with E-state index in [-0.39, 0.29) is 6.79 Å². The first-order valence-corrected chi connectivity index (χ1v) is 8.50. The first-order chi connectivity index (χ1) is 12.8. The summed E-state index contributed by atoms with van der Waals surface area (Å²) in [5.41, 5.74) is 3.13. The van der Waals surface area contributed by atoms with Gasteiger partial charge < -0.3 is 13.9 Å². The summed E-state index contributed by atoms with van der Waals surface area (Å²) in [5, 5.41) is 5.89. The molecule has 0 atom stereocenters. The van der Waals surface area contributed by atoms with Crippen LogP contribution in [-0.2, 0) is 22.6 Å². The maximum atomic E-state index is 5.93. The lowest BCUT2D eigenvalue weighted by atomic mass is 10.2. The smallest absolute Gasteiger partial charge is 0.155 e. The predicted octanol–water partition coefficient (Wildman–Crippen LogP) is 4.47. The second-order valence-electron chi connectivity index (χ2n) is 6.03. The third-order valence-electron chi connectivity index (χ3n) is 4.17. The van der Waals surface area contributed by atoms with Crippen molar-refractivity contribution in [2.24, 2.45) is 0 Å². The Bertz CT molecular complexity index is 989. The van der Waals surface area contributed by atoms with Crippen LogP contribution in [0.3, 0.4) is 0 Å². The van der Waals surface area contributed by atoms with E-state index in [0.717, 1.165) is 28.1 Å². The van der Waals surface area contributed by atoms with Gasteiger partial charge in [-0.25, -0.2) is 0 Å². The molecule has 0 saturated carbocycles. The number of aromatic nitrogens is 2. The number of fused-ring (bicyclic) bond motifs is 1. The molecule has 4 aromatic rings. The number of hydrogen-bond acceptors (Lipinski definition) is 4. The van der Waals surface area contributed by atoms with Crippen molar-refractivity contribution in [2.75, 3.05) is 13.9 Å². The van der Waals surface area contributed by atoms with Gasteiger partial charge in [0.25, 0.3) is 0 Å². The monoisotopic (exact) mass is 348 g/mol. The summed E-state index contributed by atoms with van der Waals surface area (Å²) in [6.45, 7) is 1.33. The van der Waals surface area contributed by atoms with E-state index >= 15 is 0 Å². The van der Waals surface area contributed by atoms with Gasteiger partial charge in [0.15, 0.2) is 5.76 Å². The van der Waals surface area contributed by atoms with Crippen LogP contribution in [0.5, 0.6) is 0 Å². The lowest BCUT2D eigenvalue weighted by molar-refractivity contribution is -0.0439. The highest BCUT2D eigenvalue weighted by Gasteiger charge is 2.15. The van der Waals surface area contributed by atoms with Crippen LogP contribution < -0.4 is 0 Å². The van der Waals surface area contributed by atoms with Crippen LogP contribution in [0.4, 0.5) is 0 Å². The molecular formula is C21H20N2O3. The van der Waals surface area contributed by atoms with Crippen LogP contribution in [-0.4, -0.2) is 23.7 Å². The number of nitrogens with zero attached hydrogens (tertiary/aromatic N) is 2. The minimum absolute atomic E-state index is 0.241. The fourth-order valence-electron chi connectivity index (χ4n) is 2.99. The first kappa shape index (κ1) is 16.6. The van der Waals surface area contributed by atoms with Crippen molar-refractivity contribution in [2.45, 2.75) is 13.2 Å². The Hall–Kier alpha value is -2.89. The molecular weight excluding hydrogens is 328 g/mol. The average molecular weight is 348 g/mol. The van der Waals surface area contributed by atoms with Crippen molar-refractivity contribution in [1.29, 1.82) is 0 Å². The van der Waals surface area contributed by atoms with Crippen LogP contribution >= 0.6 is 0 Å². The summed E-state index contributed by atoms with van der Waals surface area (Å²) in [6, 6.07) is 22.4. The number of ether oxygens (including phenoxy) is 2. The van der Waals surface area contributed by atoms with E-state index < -0.39 is 0 Å². The number of furan rings is 1. The summed E-state index contributed by atoms with van der Waals surface area (Å²) in [6.07, 6.45) is 0. The summed E-state index contributed by atoms with van der Waals surface area (Å²) >= 11 is 0. The molecule has 0 N–H and O–H groups in total. The quantitative estimate of drug-likeness (QED) is 0.365. The van der Waals surface area contributed by atoms with Gasteiger partial charge >= 0.3 is 0 Å². The van der Waals surface area contributed by atoms with E-state index in [2.05, 4.69) is 24.3 Å². The van der Waals surface area contributed by atoms with Gasteiger partial charge in [-0.2, -0.15) is 5.10 Å². The summed E-state index contributed by atoms with van der Waals surface area (Å²) in [5.74, 6) is 1.49. The summed E-state index contributed by atoms with van der Waals surface area (Å²) < 4.78 is 18.2. The van der Waals surface area contributed by atoms with Gasteiger partial charge in [-0.15, -0.1) is 0 Å². The molecule has 0 aliphatic carbocycles. The zero-order valence-corrected chi connectivity index (χ0v) is 14.6. The van der Waals surface area contributed by atoms with Gasteiger partial charge in [-0.3, -0.25) is 4.68 Å². The van der Waals surface area contributed by atoms with Crippen molar-refractivity contribution in [3.05, 3.63) is 78.1 Å². The third-order valence-corrected chi connectivity index (χ3v) is 4.17. The molecule has 0 spiro atoms. The van der Waals surface area contributed by atoms with Crippen molar-refractivity contribution in [3.63, 3.8) is 0 Å². The zero-order chi connectivity index (χ0) is 17.8. The molecule has 5 heteroatoms. The second kappa shape index (κ2) is 7.56. The summed E-state index contributed by atoms with van der Waals surface area (Å²) in [4.78, 5) is 0. The number of rotatable bonds is 7. The Morgan fingerprint density at radius 1 is 0.962 bits per heavy atom. The third kappa shape index (κ3) is 3.40. The Balaban J connectivity index is 1.67. The molecule has 5 nitrogen and oxygen atoms in total. The SMILES string of the molecule is COCOCc1ccc(-c2nn(Cc3ccccc3)c3ccccc23)o1. The van der Waals surface area contributed by atoms with Crippen molar-refractivity contribution >= 4 is 10.9 Å². The van der Waals surface area contributed by atoms with E-state index in [1.165, 1.54) is 5.56 Å². The van der Waals surface area contributed by atoms with Crippen molar-refractivity contribution in [3.8, 4) is 11.5 Å². The van der Waals surface area contributed by atoms with Crippen LogP contribution in [0.15, 0.2) is 71.1 Å². The number of methoxy groups -OCH3 is 1. The molecule has 4 rings (SSSR count). The number of hydrogen-bond donors (Lipinski definition) is 0. The van der Waals surface area contributed by atoms with E-state index in [1.807, 2.05) is 47.1 Å². The lowest BCUT2D eigenvalue weighted by Crippen LogP contribution is -2.01. The van der Waals surface area contributed by atoms with E-state index in [0.29, 0.717) is 13.2 Å². The van der Waals surface area contributed by atoms with Gasteiger partial charge in [0.1, 0.15) is 24.9 Å². The lowest BCUT2D eigenvalue weighted by Gasteiger charge is -2.03. The minimum atomic E-state index is 0.241. The maximum Gasteiger partial charge on any atom is 0.155 e. The molecule has 0 aliphatic rings. The van der Waals surface area contributed by atoms with Gasteiger partial charge in [-0.05, 0) is 23.8 Å². The molecule has 2 aromatic carbocycles. The van der Waals surface area contributed by atoms with Gasteiger partial charge in [0, 0.05) is 12.5 Å². The first-order valence-electron chi connectivity index (χ1n) is 8.50. The van der Waals surface area contributed by atoms with Gasteiger partial charge in [-0.1, -0.05) is 48.5 Å². The number of para-hydroxylation sites is 1. The highest BCUT2D eigenvalue weighted by atomic mass is 16.7. The fraction of sp³-hybridized carbons (Fsp3) is 0.190. The second-order valence-corrected chi connectivity index (χ2v) is 6.03. The van der Waals surface area contributed by atoms with Crippen LogP contribution in [0.25, 0.3) is 22.4 Å². The molecule has 0 bridgehead atoms. The predicted molar refractivity (Wildman–Crippen MR) is 99.6 cm³/mol. The molecule has 0 unspecified atom stereocenters. The molecule has 0 amide bonds. The van der Waals surface area contributed by atoms with Crippen LogP contribution in [0.1, 0.15) is 11.3 Å². The molecule has 0 fully saturated rings. The molecule has 0 aliphatic heterocycles. The summed E-state index contributed by atoms with van der Waals surface area (Å²) in [7, 11) is 1.60. The molecule has 0 radical (unpaired) electrons. The highest BCUT2D eigenvalue weighted by Crippen LogP contribution is 2.30. The molecule has 0 saturated heterocycles. The van der Waals surface area contributed by atoms with Gasteiger partial charge in [0.05, 0.1) is 12.1 Å². The molecule has 132 valence electrons. The zero-order valence-electron chi connectivity index (χ0n) is 14.6. The van der Waals surface area contributed by atoms with Crippen molar-refractivity contribution < 1.29 is 13.9 Å². The Labute approximate surface area is 151 Å². The van der Waals surface area contributed by atoms with E-state index in [9.17, 15) is 0 Å². The largest absolute Gasteiger partial charge is 0.457 e. The Kier molecular flexibility index (Phi) is 4.82. The van der Waals surface area contributed by atoms with Crippen molar-refractivity contribution in [1.82, 2.24) is 9.78 Å². The van der Waals surface area contributed by atoms with Crippen LogP contribution in [0, 0.1) is 0 Å². The molecule has 26 heavy (non-hydrogen) atoms. The van der Waals surface area contributed by atoms with E-state index in [4.69, 9.17) is 19.0 Å². The molecule has 2 heterocycles. The van der Waals surface area contributed by atoms with Gasteiger partial charge in [0.2, 0.25) is 0 Å². The highest BCUT2D eigenvalue weighted by molar-refractivity contribution is 5.92. The van der Waals surface area contributed by atoms with Crippen LogP contribution in [0.2, 0.25) is 0 Å². The fourth-order valence-corrected chi connectivity index (χ4v) is 2.99. The van der Waals surface area contributed by atoms with E-state index in [1.54, 1.807) is 7.11 Å². The standard InChI is InChI=1S/C21H20N2O3/c1-24-15-25-14-17-11-12-20(26-17)21-18-9-5-6-10-19(18)23(22-21)13-16-7-3-2-4-8-16/h2-12H,13-15H2,1H3. The topological polar surface area (TPSA) is 49.4 Å². The number of benzene rings is 2. The Morgan fingerprint density at radius 3 is 2.62 bits per heavy atom. The minimum Gasteiger partial charge on any atom is -0.457 e. The normalized spacial score (nSPS) is 11.3. The maximum absolute atomic E-state index is 5.93. The Morgan fingerprint density at radius 2 is 1.77 bits per heavy atom.